The number of benzene rings is 2. The molecule has 2 aromatic carbocycles. The van der Waals surface area contributed by atoms with Gasteiger partial charge in [0.1, 0.15) is 17.3 Å². The van der Waals surface area contributed by atoms with Crippen LogP contribution in [0.2, 0.25) is 0 Å². The predicted molar refractivity (Wildman–Crippen MR) is 149 cm³/mol. The van der Waals surface area contributed by atoms with Crippen molar-refractivity contribution in [3.05, 3.63) is 72.3 Å². The maximum Gasteiger partial charge on any atom is 0.573 e. The average molecular weight is 586 g/mol. The Morgan fingerprint density at radius 2 is 1.88 bits per heavy atom. The Labute approximate surface area is 240 Å². The number of halogens is 4. The van der Waals surface area contributed by atoms with Crippen LogP contribution in [-0.4, -0.2) is 33.4 Å². The van der Waals surface area contributed by atoms with E-state index in [0.717, 1.165) is 31.2 Å². The van der Waals surface area contributed by atoms with Crippen molar-refractivity contribution in [3.63, 3.8) is 0 Å². The van der Waals surface area contributed by atoms with Crippen LogP contribution in [0.25, 0.3) is 11.0 Å². The molecule has 2 N–H and O–H groups in total. The van der Waals surface area contributed by atoms with Crippen molar-refractivity contribution in [2.75, 3.05) is 11.9 Å². The van der Waals surface area contributed by atoms with Gasteiger partial charge in [0.05, 0.1) is 23.3 Å². The van der Waals surface area contributed by atoms with Gasteiger partial charge >= 0.3 is 6.36 Å². The maximum absolute atomic E-state index is 13.8. The molecule has 42 heavy (non-hydrogen) atoms. The van der Waals surface area contributed by atoms with E-state index in [1.807, 2.05) is 6.07 Å². The summed E-state index contributed by atoms with van der Waals surface area (Å²) in [5.41, 5.74) is 2.31. The summed E-state index contributed by atoms with van der Waals surface area (Å²) < 4.78 is 63.3. The number of rotatable bonds is 9. The molecule has 222 valence electrons. The molecular formula is C30H31F4N5O3. The number of fused-ring (bicyclic) bond motifs is 1. The number of amides is 1. The number of carbonyl (C=O) groups excluding carboxylic acids is 1. The van der Waals surface area contributed by atoms with Gasteiger partial charge in [0.2, 0.25) is 5.95 Å². The Balaban J connectivity index is 1.35. The Morgan fingerprint density at radius 1 is 1.12 bits per heavy atom. The van der Waals surface area contributed by atoms with Crippen molar-refractivity contribution in [2.24, 2.45) is 5.41 Å². The average Bonchev–Trinajstić information content (AvgIpc) is 3.28. The first-order valence-corrected chi connectivity index (χ1v) is 13.6. The normalized spacial score (nSPS) is 16.7. The van der Waals surface area contributed by atoms with E-state index < -0.39 is 18.1 Å². The Kier molecular flexibility index (Phi) is 8.24. The summed E-state index contributed by atoms with van der Waals surface area (Å²) in [5.74, 6) is -0.280. The highest BCUT2D eigenvalue weighted by molar-refractivity contribution is 5.82. The summed E-state index contributed by atoms with van der Waals surface area (Å²) in [6.45, 7) is 4.14. The molecule has 2 aromatic heterocycles. The highest BCUT2D eigenvalue weighted by atomic mass is 19.4. The molecule has 0 spiro atoms. The number of alkyl halides is 3. The summed E-state index contributed by atoms with van der Waals surface area (Å²) in [5, 5.41) is 5.84. The second kappa shape index (κ2) is 11.9. The molecule has 0 bridgehead atoms. The van der Waals surface area contributed by atoms with E-state index in [-0.39, 0.29) is 36.1 Å². The summed E-state index contributed by atoms with van der Waals surface area (Å²) >= 11 is 0. The number of pyridine rings is 1. The molecule has 1 amide bonds. The van der Waals surface area contributed by atoms with Gasteiger partial charge in [0.25, 0.3) is 5.91 Å². The number of nitrogens with one attached hydrogen (secondary N) is 2. The van der Waals surface area contributed by atoms with Crippen molar-refractivity contribution in [1.29, 1.82) is 0 Å². The molecule has 8 nitrogen and oxygen atoms in total. The van der Waals surface area contributed by atoms with Gasteiger partial charge in [0.15, 0.2) is 6.61 Å². The molecule has 0 radical (unpaired) electrons. The van der Waals surface area contributed by atoms with Crippen LogP contribution in [0.5, 0.6) is 11.5 Å². The van der Waals surface area contributed by atoms with Gasteiger partial charge in [-0.1, -0.05) is 20.3 Å². The van der Waals surface area contributed by atoms with Crippen LogP contribution in [0.4, 0.5) is 29.2 Å². The molecule has 1 aliphatic rings. The molecule has 1 saturated carbocycles. The van der Waals surface area contributed by atoms with E-state index in [1.165, 1.54) is 42.6 Å². The Bertz CT molecular complexity index is 1550. The van der Waals surface area contributed by atoms with Crippen molar-refractivity contribution in [3.8, 4) is 11.5 Å². The van der Waals surface area contributed by atoms with Gasteiger partial charge in [-0.05, 0) is 73.2 Å². The molecule has 1 aliphatic carbocycles. The second-order valence-corrected chi connectivity index (χ2v) is 11.1. The molecule has 0 saturated heterocycles. The van der Waals surface area contributed by atoms with E-state index in [4.69, 9.17) is 9.72 Å². The molecule has 1 atom stereocenters. The third-order valence-electron chi connectivity index (χ3n) is 7.21. The minimum atomic E-state index is -4.77. The van der Waals surface area contributed by atoms with Crippen LogP contribution in [0.1, 0.15) is 51.3 Å². The number of carbonyl (C=O) groups is 1. The molecule has 2 heterocycles. The third kappa shape index (κ3) is 7.29. The fraction of sp³-hybridized carbons (Fsp3) is 0.367. The zero-order valence-electron chi connectivity index (χ0n) is 23.2. The largest absolute Gasteiger partial charge is 0.573 e. The van der Waals surface area contributed by atoms with Crippen LogP contribution in [0.15, 0.2) is 60.8 Å². The summed E-state index contributed by atoms with van der Waals surface area (Å²) in [4.78, 5) is 21.0. The zero-order valence-corrected chi connectivity index (χ0v) is 23.2. The molecule has 1 unspecified atom stereocenters. The van der Waals surface area contributed by atoms with Crippen LogP contribution in [0.3, 0.4) is 0 Å². The van der Waals surface area contributed by atoms with Crippen LogP contribution in [-0.2, 0) is 11.3 Å². The zero-order chi connectivity index (χ0) is 29.9. The van der Waals surface area contributed by atoms with E-state index in [2.05, 4.69) is 38.8 Å². The van der Waals surface area contributed by atoms with Crippen LogP contribution in [0, 0.1) is 11.2 Å². The van der Waals surface area contributed by atoms with E-state index in [9.17, 15) is 22.4 Å². The number of hydrogen-bond acceptors (Lipinski definition) is 6. The summed E-state index contributed by atoms with van der Waals surface area (Å²) in [6.07, 6.45) is 0.738. The molecule has 5 rings (SSSR count). The van der Waals surface area contributed by atoms with Crippen molar-refractivity contribution in [2.45, 2.75) is 58.5 Å². The van der Waals surface area contributed by atoms with Crippen LogP contribution < -0.4 is 20.1 Å². The number of aromatic nitrogens is 3. The second-order valence-electron chi connectivity index (χ2n) is 11.1. The third-order valence-corrected chi connectivity index (χ3v) is 7.21. The number of nitrogens with zero attached hydrogens (tertiary/aromatic N) is 3. The highest BCUT2D eigenvalue weighted by Crippen LogP contribution is 2.44. The number of imidazole rings is 1. The van der Waals surface area contributed by atoms with E-state index in [0.29, 0.717) is 22.9 Å². The smallest absolute Gasteiger partial charge is 0.484 e. The summed E-state index contributed by atoms with van der Waals surface area (Å²) in [6, 6.07) is 13.8. The topological polar surface area (TPSA) is 90.3 Å². The van der Waals surface area contributed by atoms with E-state index >= 15 is 0 Å². The SMILES string of the molecule is CC1(C)CCCC(n2c(Nc3ccc(OC(F)(F)F)cc3)nc3cc(OCC(=O)NCc4ncccc4F)ccc32)C1. The fourth-order valence-corrected chi connectivity index (χ4v) is 5.30. The highest BCUT2D eigenvalue weighted by Gasteiger charge is 2.32. The first kappa shape index (κ1) is 29.2. The van der Waals surface area contributed by atoms with Gasteiger partial charge in [-0.25, -0.2) is 9.37 Å². The van der Waals surface area contributed by atoms with Gasteiger partial charge in [-0.2, -0.15) is 0 Å². The monoisotopic (exact) mass is 585 g/mol. The molecule has 4 aromatic rings. The molecule has 12 heteroatoms. The summed E-state index contributed by atoms with van der Waals surface area (Å²) in [7, 11) is 0. The number of hydrogen-bond donors (Lipinski definition) is 2. The minimum Gasteiger partial charge on any atom is -0.484 e. The van der Waals surface area contributed by atoms with Crippen molar-refractivity contribution < 1.29 is 31.8 Å². The Morgan fingerprint density at radius 3 is 2.60 bits per heavy atom. The molecule has 1 fully saturated rings. The molecular weight excluding hydrogens is 554 g/mol. The van der Waals surface area contributed by atoms with E-state index in [1.54, 1.807) is 12.1 Å². The first-order valence-electron chi connectivity index (χ1n) is 13.6. The first-order chi connectivity index (χ1) is 20.0. The number of ether oxygens (including phenoxy) is 2. The van der Waals surface area contributed by atoms with Gasteiger partial charge in [-0.3, -0.25) is 9.78 Å². The lowest BCUT2D eigenvalue weighted by Gasteiger charge is -2.36. The lowest BCUT2D eigenvalue weighted by atomic mass is 9.75. The fourth-order valence-electron chi connectivity index (χ4n) is 5.30. The standard InChI is InChI=1S/C30H31F4N5O3/c1-29(2)13-3-5-20(16-29)39-26-12-11-22(41-18-27(40)36-17-25-23(31)6-4-14-35-25)15-24(26)38-28(39)37-19-7-9-21(10-8-19)42-30(32,33)34/h4,6-12,14-15,20H,3,5,13,16-18H2,1-2H3,(H,36,40)(H,37,38). The minimum absolute atomic E-state index is 0.0611. The lowest BCUT2D eigenvalue weighted by Crippen LogP contribution is -2.29. The van der Waals surface area contributed by atoms with Crippen molar-refractivity contribution >= 4 is 28.6 Å². The van der Waals surface area contributed by atoms with Gasteiger partial charge in [0, 0.05) is 24.0 Å². The predicted octanol–water partition coefficient (Wildman–Crippen LogP) is 7.05. The van der Waals surface area contributed by atoms with Gasteiger partial charge in [-0.15, -0.1) is 13.2 Å². The lowest BCUT2D eigenvalue weighted by molar-refractivity contribution is -0.274. The van der Waals surface area contributed by atoms with Gasteiger partial charge < -0.3 is 24.7 Å². The maximum atomic E-state index is 13.8. The number of anilines is 2. The Hall–Kier alpha value is -4.35. The molecule has 0 aliphatic heterocycles. The quantitative estimate of drug-likeness (QED) is 0.205. The van der Waals surface area contributed by atoms with Crippen LogP contribution >= 0.6 is 0 Å². The van der Waals surface area contributed by atoms with Crippen molar-refractivity contribution in [1.82, 2.24) is 19.9 Å².